The van der Waals surface area contributed by atoms with Gasteiger partial charge in [0.05, 0.1) is 5.56 Å². The Labute approximate surface area is 162 Å². The number of ether oxygens (including phenoxy) is 1. The molecule has 0 radical (unpaired) electrons. The molecule has 0 unspecified atom stereocenters. The second-order valence-corrected chi connectivity index (χ2v) is 8.26. The van der Waals surface area contributed by atoms with Gasteiger partial charge in [-0.1, -0.05) is 30.3 Å². The smallest absolute Gasteiger partial charge is 0.410 e. The average molecular weight is 413 g/mol. The van der Waals surface area contributed by atoms with Crippen LogP contribution in [0.2, 0.25) is 0 Å². The normalized spacial score (nSPS) is 13.7. The summed E-state index contributed by atoms with van der Waals surface area (Å²) >= 11 is 3.45. The predicted octanol–water partition coefficient (Wildman–Crippen LogP) is 5.28. The third-order valence-corrected chi connectivity index (χ3v) is 4.97. The third kappa shape index (κ3) is 3.91. The molecule has 26 heavy (non-hydrogen) atoms. The number of fused-ring (bicyclic) bond motifs is 1. The van der Waals surface area contributed by atoms with Gasteiger partial charge < -0.3 is 9.64 Å². The summed E-state index contributed by atoms with van der Waals surface area (Å²) in [7, 11) is 0. The number of nitrogens with zero attached hydrogens (tertiary/aromatic N) is 2. The molecule has 0 fully saturated rings. The Bertz CT molecular complexity index is 894. The van der Waals surface area contributed by atoms with Crippen LogP contribution in [0.3, 0.4) is 0 Å². The first-order chi connectivity index (χ1) is 12.3. The maximum atomic E-state index is 12.3. The quantitative estimate of drug-likeness (QED) is 0.639. The molecule has 0 saturated heterocycles. The fraction of sp³-hybridized carbons (Fsp3) is 0.333. The number of hydrogen-bond acceptors (Lipinski definition) is 3. The highest BCUT2D eigenvalue weighted by molar-refractivity contribution is 9.10. The highest BCUT2D eigenvalue weighted by Crippen LogP contribution is 2.31. The summed E-state index contributed by atoms with van der Waals surface area (Å²) in [5, 5.41) is 9.45. The molecule has 5 heteroatoms. The molecular weight excluding hydrogens is 392 g/mol. The van der Waals surface area contributed by atoms with Gasteiger partial charge in [-0.3, -0.25) is 0 Å². The second-order valence-electron chi connectivity index (χ2n) is 7.41. The highest BCUT2D eigenvalue weighted by atomic mass is 79.9. The Morgan fingerprint density at radius 3 is 2.69 bits per heavy atom. The number of amides is 1. The van der Waals surface area contributed by atoms with Gasteiger partial charge in [-0.05, 0) is 65.9 Å². The lowest BCUT2D eigenvalue weighted by molar-refractivity contribution is 0.0224. The van der Waals surface area contributed by atoms with Crippen molar-refractivity contribution in [1.82, 2.24) is 4.90 Å². The van der Waals surface area contributed by atoms with Crippen LogP contribution in [0.4, 0.5) is 4.79 Å². The molecule has 4 nitrogen and oxygen atoms in total. The summed E-state index contributed by atoms with van der Waals surface area (Å²) in [6, 6.07) is 14.2. The number of benzene rings is 2. The van der Waals surface area contributed by atoms with E-state index in [1.165, 1.54) is 5.56 Å². The first-order valence-corrected chi connectivity index (χ1v) is 9.36. The van der Waals surface area contributed by atoms with Gasteiger partial charge in [0.2, 0.25) is 0 Å². The standard InChI is InChI=1S/C21H21BrN2O2/c1-21(2,3)26-20(25)24-10-9-14-11-15(7-8-16(14)13-24)17-5-4-6-19(22)18(17)12-23/h4-8,11H,9-10,13H2,1-3H3. The monoisotopic (exact) mass is 412 g/mol. The molecule has 0 aromatic heterocycles. The van der Waals surface area contributed by atoms with Crippen molar-refractivity contribution in [3.05, 3.63) is 57.6 Å². The zero-order chi connectivity index (χ0) is 18.9. The summed E-state index contributed by atoms with van der Waals surface area (Å²) in [4.78, 5) is 14.0. The molecule has 1 amide bonds. The van der Waals surface area contributed by atoms with Gasteiger partial charge in [0.1, 0.15) is 11.7 Å². The van der Waals surface area contributed by atoms with Gasteiger partial charge in [-0.2, -0.15) is 5.26 Å². The molecule has 1 heterocycles. The number of nitriles is 1. The first kappa shape index (κ1) is 18.5. The fourth-order valence-electron chi connectivity index (χ4n) is 3.08. The zero-order valence-electron chi connectivity index (χ0n) is 15.2. The molecule has 0 bridgehead atoms. The van der Waals surface area contributed by atoms with Crippen molar-refractivity contribution in [2.45, 2.75) is 39.3 Å². The van der Waals surface area contributed by atoms with E-state index in [4.69, 9.17) is 4.74 Å². The zero-order valence-corrected chi connectivity index (χ0v) is 16.8. The maximum Gasteiger partial charge on any atom is 0.410 e. The molecule has 1 aliphatic rings. The molecule has 0 spiro atoms. The highest BCUT2D eigenvalue weighted by Gasteiger charge is 2.26. The molecule has 2 aromatic carbocycles. The van der Waals surface area contributed by atoms with Gasteiger partial charge in [0.25, 0.3) is 0 Å². The van der Waals surface area contributed by atoms with E-state index < -0.39 is 5.60 Å². The van der Waals surface area contributed by atoms with Gasteiger partial charge in [-0.25, -0.2) is 4.79 Å². The predicted molar refractivity (Wildman–Crippen MR) is 105 cm³/mol. The van der Waals surface area contributed by atoms with E-state index in [9.17, 15) is 10.1 Å². The van der Waals surface area contributed by atoms with Crippen LogP contribution in [-0.4, -0.2) is 23.1 Å². The largest absolute Gasteiger partial charge is 0.444 e. The van der Waals surface area contributed by atoms with E-state index in [-0.39, 0.29) is 6.09 Å². The molecule has 3 rings (SSSR count). The van der Waals surface area contributed by atoms with Crippen LogP contribution in [0.15, 0.2) is 40.9 Å². The second kappa shape index (κ2) is 7.13. The summed E-state index contributed by atoms with van der Waals surface area (Å²) in [6.07, 6.45) is 0.504. The molecule has 0 N–H and O–H groups in total. The Morgan fingerprint density at radius 1 is 1.23 bits per heavy atom. The van der Waals surface area contributed by atoms with Gasteiger partial charge >= 0.3 is 6.09 Å². The number of carbonyl (C=O) groups excluding carboxylic acids is 1. The van der Waals surface area contributed by atoms with Crippen molar-refractivity contribution in [3.63, 3.8) is 0 Å². The van der Waals surface area contributed by atoms with E-state index in [0.29, 0.717) is 18.7 Å². The van der Waals surface area contributed by atoms with Crippen LogP contribution in [0.5, 0.6) is 0 Å². The first-order valence-electron chi connectivity index (χ1n) is 8.57. The van der Waals surface area contributed by atoms with Crippen LogP contribution in [0, 0.1) is 11.3 Å². The lowest BCUT2D eigenvalue weighted by atomic mass is 9.93. The minimum atomic E-state index is -0.490. The Morgan fingerprint density at radius 2 is 2.00 bits per heavy atom. The molecule has 0 saturated carbocycles. The Kier molecular flexibility index (Phi) is 5.06. The minimum absolute atomic E-state index is 0.272. The van der Waals surface area contributed by atoms with Crippen LogP contribution in [0.25, 0.3) is 11.1 Å². The lowest BCUT2D eigenvalue weighted by Crippen LogP contribution is -2.39. The van der Waals surface area contributed by atoms with Gasteiger partial charge in [0, 0.05) is 23.1 Å². The summed E-state index contributed by atoms with van der Waals surface area (Å²) in [5.41, 5.74) is 4.42. The fourth-order valence-corrected chi connectivity index (χ4v) is 3.54. The van der Waals surface area contributed by atoms with E-state index in [0.717, 1.165) is 27.6 Å². The van der Waals surface area contributed by atoms with Gasteiger partial charge in [-0.15, -0.1) is 0 Å². The minimum Gasteiger partial charge on any atom is -0.444 e. The van der Waals surface area contributed by atoms with E-state index in [2.05, 4.69) is 28.1 Å². The summed E-state index contributed by atoms with van der Waals surface area (Å²) < 4.78 is 6.27. The van der Waals surface area contributed by atoms with Crippen LogP contribution in [0.1, 0.15) is 37.5 Å². The number of hydrogen-bond donors (Lipinski definition) is 0. The average Bonchev–Trinajstić information content (AvgIpc) is 2.59. The van der Waals surface area contributed by atoms with Gasteiger partial charge in [0.15, 0.2) is 0 Å². The van der Waals surface area contributed by atoms with Crippen LogP contribution < -0.4 is 0 Å². The Hall–Kier alpha value is -2.32. The van der Waals surface area contributed by atoms with Crippen molar-refractivity contribution in [2.75, 3.05) is 6.54 Å². The van der Waals surface area contributed by atoms with Crippen LogP contribution >= 0.6 is 15.9 Å². The molecular formula is C21H21BrN2O2. The van der Waals surface area contributed by atoms with Crippen molar-refractivity contribution in [3.8, 4) is 17.2 Å². The molecule has 0 atom stereocenters. The molecule has 0 aliphatic carbocycles. The molecule has 134 valence electrons. The summed E-state index contributed by atoms with van der Waals surface area (Å²) in [6.45, 7) is 6.81. The summed E-state index contributed by atoms with van der Waals surface area (Å²) in [5.74, 6) is 0. The number of rotatable bonds is 1. The van der Waals surface area contributed by atoms with E-state index in [1.807, 2.05) is 51.1 Å². The number of carbonyl (C=O) groups is 1. The van der Waals surface area contributed by atoms with Crippen molar-refractivity contribution in [2.24, 2.45) is 0 Å². The molecule has 1 aliphatic heterocycles. The Balaban J connectivity index is 1.86. The molecule has 2 aromatic rings. The van der Waals surface area contributed by atoms with Crippen molar-refractivity contribution >= 4 is 22.0 Å². The SMILES string of the molecule is CC(C)(C)OC(=O)N1CCc2cc(-c3cccc(Br)c3C#N)ccc2C1. The number of halogens is 1. The van der Waals surface area contributed by atoms with Crippen molar-refractivity contribution < 1.29 is 9.53 Å². The third-order valence-electron chi connectivity index (χ3n) is 4.31. The van der Waals surface area contributed by atoms with Crippen molar-refractivity contribution in [1.29, 1.82) is 5.26 Å². The maximum absolute atomic E-state index is 12.3. The topological polar surface area (TPSA) is 53.3 Å². The van der Waals surface area contributed by atoms with E-state index >= 15 is 0 Å². The van der Waals surface area contributed by atoms with E-state index in [1.54, 1.807) is 4.90 Å². The lowest BCUT2D eigenvalue weighted by Gasteiger charge is -2.31. The van der Waals surface area contributed by atoms with Crippen LogP contribution in [-0.2, 0) is 17.7 Å².